The molecule has 0 aliphatic carbocycles. The van der Waals surface area contributed by atoms with Crippen molar-refractivity contribution in [3.63, 3.8) is 0 Å². The van der Waals surface area contributed by atoms with E-state index in [9.17, 15) is 19.1 Å². The van der Waals surface area contributed by atoms with E-state index >= 15 is 0 Å². The van der Waals surface area contributed by atoms with E-state index in [0.717, 1.165) is 16.8 Å². The average molecular weight is 270 g/mol. The molecule has 1 aromatic rings. The first kappa shape index (κ1) is 13.5. The molecule has 0 spiro atoms. The highest BCUT2D eigenvalue weighted by atomic mass is 19.1. The number of ether oxygens (including phenoxy) is 1. The van der Waals surface area contributed by atoms with Crippen molar-refractivity contribution in [2.75, 3.05) is 13.2 Å². The number of hydrogen-bond donors (Lipinski definition) is 3. The molecule has 1 aliphatic rings. The second-order valence-electron chi connectivity index (χ2n) is 4.23. The fourth-order valence-electron chi connectivity index (χ4n) is 1.92. The normalized spacial score (nSPS) is 34.1. The Kier molecular flexibility index (Phi) is 3.06. The van der Waals surface area contributed by atoms with Crippen LogP contribution in [0.4, 0.5) is 4.39 Å². The molecule has 3 atom stereocenters. The highest BCUT2D eigenvalue weighted by Crippen LogP contribution is 2.43. The van der Waals surface area contributed by atoms with Gasteiger partial charge in [0, 0.05) is 12.3 Å². The fourth-order valence-corrected chi connectivity index (χ4v) is 1.92. The zero-order valence-electron chi connectivity index (χ0n) is 9.67. The molecule has 2 heterocycles. The van der Waals surface area contributed by atoms with Gasteiger partial charge in [0.05, 0.1) is 13.2 Å². The molecule has 102 valence electrons. The first-order valence-corrected chi connectivity index (χ1v) is 5.31. The van der Waals surface area contributed by atoms with E-state index in [4.69, 9.17) is 16.3 Å². The van der Waals surface area contributed by atoms with Crippen LogP contribution in [0.5, 0.6) is 0 Å². The van der Waals surface area contributed by atoms with Crippen molar-refractivity contribution in [2.45, 2.75) is 17.5 Å². The number of aromatic nitrogens is 2. The van der Waals surface area contributed by atoms with Gasteiger partial charge in [-0.3, -0.25) is 14.3 Å². The monoisotopic (exact) mass is 270 g/mol. The van der Waals surface area contributed by atoms with Crippen molar-refractivity contribution >= 4 is 0 Å². The van der Waals surface area contributed by atoms with Gasteiger partial charge in [0.1, 0.15) is 0 Å². The van der Waals surface area contributed by atoms with Crippen LogP contribution in [-0.2, 0) is 4.74 Å². The summed E-state index contributed by atoms with van der Waals surface area (Å²) in [4.78, 5) is 24.4. The summed E-state index contributed by atoms with van der Waals surface area (Å²) in [6.45, 7) is -1.55. The third-order valence-electron chi connectivity index (χ3n) is 3.07. The highest BCUT2D eigenvalue weighted by Gasteiger charge is 2.63. The Bertz CT molecular complexity index is 647. The van der Waals surface area contributed by atoms with Crippen LogP contribution in [0.2, 0.25) is 0 Å². The molecule has 1 fully saturated rings. The number of rotatable bonds is 2. The van der Waals surface area contributed by atoms with E-state index in [0.29, 0.717) is 0 Å². The van der Waals surface area contributed by atoms with Crippen molar-refractivity contribution in [1.29, 1.82) is 0 Å². The minimum atomic E-state index is -2.80. The van der Waals surface area contributed by atoms with Crippen LogP contribution >= 0.6 is 0 Å². The van der Waals surface area contributed by atoms with Crippen LogP contribution in [0.25, 0.3) is 0 Å². The van der Waals surface area contributed by atoms with Crippen molar-refractivity contribution in [2.24, 2.45) is 0 Å². The summed E-state index contributed by atoms with van der Waals surface area (Å²) in [5.74, 6) is 1.72. The molecule has 0 saturated carbocycles. The SMILES string of the molecule is C#C[C@]1(F)[C@H](n2ccc(=O)[nH]c2=O)OCC1(O)CO. The Hall–Kier alpha value is -1.95. The van der Waals surface area contributed by atoms with E-state index in [2.05, 4.69) is 0 Å². The summed E-state index contributed by atoms with van der Waals surface area (Å²) in [5.41, 5.74) is -6.72. The van der Waals surface area contributed by atoms with Crippen molar-refractivity contribution < 1.29 is 19.3 Å². The summed E-state index contributed by atoms with van der Waals surface area (Å²) in [6.07, 6.45) is 4.42. The van der Waals surface area contributed by atoms with Gasteiger partial charge in [-0.2, -0.15) is 0 Å². The molecule has 19 heavy (non-hydrogen) atoms. The lowest BCUT2D eigenvalue weighted by atomic mass is 9.87. The molecule has 2 rings (SSSR count). The summed E-state index contributed by atoms with van der Waals surface area (Å²) in [6, 6.07) is 0.984. The quantitative estimate of drug-likeness (QED) is 0.546. The fraction of sp³-hybridized carbons (Fsp3) is 0.455. The molecule has 0 radical (unpaired) electrons. The van der Waals surface area contributed by atoms with E-state index < -0.39 is 42.0 Å². The molecule has 1 unspecified atom stereocenters. The van der Waals surface area contributed by atoms with Crippen LogP contribution in [0.1, 0.15) is 6.23 Å². The highest BCUT2D eigenvalue weighted by molar-refractivity contribution is 5.24. The lowest BCUT2D eigenvalue weighted by Crippen LogP contribution is -2.54. The summed E-state index contributed by atoms with van der Waals surface area (Å²) >= 11 is 0. The second-order valence-corrected chi connectivity index (χ2v) is 4.23. The molecule has 8 heteroatoms. The van der Waals surface area contributed by atoms with Crippen molar-refractivity contribution in [1.82, 2.24) is 9.55 Å². The largest absolute Gasteiger partial charge is 0.393 e. The van der Waals surface area contributed by atoms with Gasteiger partial charge in [-0.1, -0.05) is 5.92 Å². The first-order valence-electron chi connectivity index (χ1n) is 5.31. The molecule has 0 aromatic carbocycles. The van der Waals surface area contributed by atoms with Gasteiger partial charge in [0.2, 0.25) is 5.67 Å². The van der Waals surface area contributed by atoms with Crippen LogP contribution in [0.15, 0.2) is 21.9 Å². The average Bonchev–Trinajstić information content (AvgIpc) is 2.64. The van der Waals surface area contributed by atoms with Gasteiger partial charge in [-0.25, -0.2) is 9.18 Å². The Balaban J connectivity index is 2.56. The maximum absolute atomic E-state index is 14.7. The summed E-state index contributed by atoms with van der Waals surface area (Å²) in [5, 5.41) is 19.0. The minimum absolute atomic E-state index is 0.583. The van der Waals surface area contributed by atoms with Gasteiger partial charge in [0.25, 0.3) is 5.56 Å². The van der Waals surface area contributed by atoms with Gasteiger partial charge in [-0.15, -0.1) is 6.42 Å². The molecule has 3 N–H and O–H groups in total. The standard InChI is InChI=1S/C11H11FN2O5/c1-2-11(12)8(19-6-10(11,18)5-15)14-4-3-7(16)13-9(14)17/h1,3-4,8,15,18H,5-6H2,(H,13,16,17)/t8-,10?,11+/m1/s1. The number of alkyl halides is 1. The van der Waals surface area contributed by atoms with E-state index in [1.165, 1.54) is 0 Å². The Morgan fingerprint density at radius 2 is 2.37 bits per heavy atom. The van der Waals surface area contributed by atoms with Crippen LogP contribution in [-0.4, -0.2) is 44.2 Å². The lowest BCUT2D eigenvalue weighted by molar-refractivity contribution is -0.0876. The number of nitrogens with one attached hydrogen (secondary N) is 1. The molecular formula is C11H11FN2O5. The number of aliphatic hydroxyl groups excluding tert-OH is 1. The van der Waals surface area contributed by atoms with Crippen molar-refractivity contribution in [3.05, 3.63) is 33.1 Å². The molecular weight excluding hydrogens is 259 g/mol. The number of hydrogen-bond acceptors (Lipinski definition) is 5. The van der Waals surface area contributed by atoms with Gasteiger partial charge in [-0.05, 0) is 0 Å². The third kappa shape index (κ3) is 1.79. The topological polar surface area (TPSA) is 105 Å². The molecule has 1 aliphatic heterocycles. The predicted molar refractivity (Wildman–Crippen MR) is 61.0 cm³/mol. The maximum Gasteiger partial charge on any atom is 0.330 e. The minimum Gasteiger partial charge on any atom is -0.393 e. The van der Waals surface area contributed by atoms with Gasteiger partial charge < -0.3 is 14.9 Å². The Labute approximate surface area is 106 Å². The number of nitrogens with zero attached hydrogens (tertiary/aromatic N) is 1. The zero-order valence-corrected chi connectivity index (χ0v) is 9.67. The first-order chi connectivity index (χ1) is 8.88. The number of aromatic amines is 1. The Morgan fingerprint density at radius 1 is 1.68 bits per heavy atom. The van der Waals surface area contributed by atoms with Crippen LogP contribution in [0, 0.1) is 12.3 Å². The smallest absolute Gasteiger partial charge is 0.330 e. The number of terminal acetylenes is 1. The van der Waals surface area contributed by atoms with E-state index in [-0.39, 0.29) is 0 Å². The molecule has 7 nitrogen and oxygen atoms in total. The van der Waals surface area contributed by atoms with Crippen molar-refractivity contribution in [3.8, 4) is 12.3 Å². The van der Waals surface area contributed by atoms with Gasteiger partial charge >= 0.3 is 5.69 Å². The van der Waals surface area contributed by atoms with E-state index in [1.54, 1.807) is 5.92 Å². The zero-order chi connectivity index (χ0) is 14.3. The molecule has 0 amide bonds. The Morgan fingerprint density at radius 3 is 2.89 bits per heavy atom. The predicted octanol–water partition coefficient (Wildman–Crippen LogP) is -1.87. The molecule has 0 bridgehead atoms. The lowest BCUT2D eigenvalue weighted by Gasteiger charge is -2.31. The van der Waals surface area contributed by atoms with Gasteiger partial charge in [0.15, 0.2) is 11.8 Å². The van der Waals surface area contributed by atoms with Crippen LogP contribution in [0.3, 0.4) is 0 Å². The molecule has 1 saturated heterocycles. The van der Waals surface area contributed by atoms with E-state index in [1.807, 2.05) is 4.98 Å². The van der Waals surface area contributed by atoms with Crippen LogP contribution < -0.4 is 11.2 Å². The molecule has 1 aromatic heterocycles. The number of H-pyrrole nitrogens is 1. The maximum atomic E-state index is 14.7. The summed E-state index contributed by atoms with van der Waals surface area (Å²) < 4.78 is 20.4. The number of aliphatic hydroxyl groups is 2. The third-order valence-corrected chi connectivity index (χ3v) is 3.07. The summed E-state index contributed by atoms with van der Waals surface area (Å²) in [7, 11) is 0. The second kappa shape index (κ2) is 4.31. The number of halogens is 1.